The van der Waals surface area contributed by atoms with Crippen molar-refractivity contribution < 1.29 is 14.3 Å². The Kier molecular flexibility index (Phi) is 8.03. The standard InChI is InChI=1S/C22H23NO3S3/c1-3-23-21(24)20(29-22(23)27)15-16-10-11-18(19(14-16)25-4-2)26-12-13-28-17-8-6-5-7-9-17/h5-11,14-15H,3-4,12-13H2,1-2H3. The van der Waals surface area contributed by atoms with Crippen LogP contribution < -0.4 is 9.47 Å². The van der Waals surface area contributed by atoms with E-state index in [1.54, 1.807) is 16.7 Å². The van der Waals surface area contributed by atoms with Crippen molar-refractivity contribution in [2.45, 2.75) is 18.7 Å². The highest BCUT2D eigenvalue weighted by molar-refractivity contribution is 8.26. The minimum absolute atomic E-state index is 0.0428. The van der Waals surface area contributed by atoms with Gasteiger partial charge in [-0.05, 0) is 49.8 Å². The first-order valence-electron chi connectivity index (χ1n) is 9.45. The highest BCUT2D eigenvalue weighted by Crippen LogP contribution is 2.34. The summed E-state index contributed by atoms with van der Waals surface area (Å²) in [4.78, 5) is 15.9. The zero-order valence-corrected chi connectivity index (χ0v) is 18.9. The van der Waals surface area contributed by atoms with Crippen LogP contribution in [0.1, 0.15) is 19.4 Å². The summed E-state index contributed by atoms with van der Waals surface area (Å²) < 4.78 is 12.3. The van der Waals surface area contributed by atoms with Crippen LogP contribution >= 0.6 is 35.7 Å². The Morgan fingerprint density at radius 1 is 1.10 bits per heavy atom. The Hall–Kier alpha value is -1.96. The number of thioether (sulfide) groups is 2. The van der Waals surface area contributed by atoms with Crippen molar-refractivity contribution in [3.05, 3.63) is 59.0 Å². The Balaban J connectivity index is 1.66. The summed E-state index contributed by atoms with van der Waals surface area (Å²) in [5.41, 5.74) is 0.885. The van der Waals surface area contributed by atoms with E-state index in [0.717, 1.165) is 11.3 Å². The average Bonchev–Trinajstić information content (AvgIpc) is 3.00. The number of carbonyl (C=O) groups excluding carboxylic acids is 1. The van der Waals surface area contributed by atoms with Crippen LogP contribution in [0, 0.1) is 0 Å². The van der Waals surface area contributed by atoms with Gasteiger partial charge in [-0.2, -0.15) is 0 Å². The molecule has 29 heavy (non-hydrogen) atoms. The smallest absolute Gasteiger partial charge is 0.266 e. The van der Waals surface area contributed by atoms with E-state index in [2.05, 4.69) is 12.1 Å². The molecule has 3 rings (SSSR count). The summed E-state index contributed by atoms with van der Waals surface area (Å²) in [5, 5.41) is 0. The summed E-state index contributed by atoms with van der Waals surface area (Å²) >= 11 is 8.36. The van der Waals surface area contributed by atoms with Crippen LogP contribution in [0.3, 0.4) is 0 Å². The van der Waals surface area contributed by atoms with Crippen LogP contribution in [0.5, 0.6) is 11.5 Å². The second-order valence-corrected chi connectivity index (χ2v) is 8.92. The molecule has 0 radical (unpaired) electrons. The van der Waals surface area contributed by atoms with Gasteiger partial charge in [0.1, 0.15) is 4.32 Å². The molecule has 2 aromatic carbocycles. The summed E-state index contributed by atoms with van der Waals surface area (Å²) in [6, 6.07) is 16.0. The molecule has 1 amide bonds. The molecule has 0 aliphatic carbocycles. The van der Waals surface area contributed by atoms with E-state index in [-0.39, 0.29) is 5.91 Å². The Labute approximate surface area is 185 Å². The summed E-state index contributed by atoms with van der Waals surface area (Å²) in [7, 11) is 0. The van der Waals surface area contributed by atoms with Crippen molar-refractivity contribution in [2.24, 2.45) is 0 Å². The fraction of sp³-hybridized carbons (Fsp3) is 0.273. The van der Waals surface area contributed by atoms with Gasteiger partial charge in [0.05, 0.1) is 18.1 Å². The van der Waals surface area contributed by atoms with Crippen molar-refractivity contribution in [3.63, 3.8) is 0 Å². The maximum atomic E-state index is 12.4. The maximum absolute atomic E-state index is 12.4. The topological polar surface area (TPSA) is 38.8 Å². The van der Waals surface area contributed by atoms with Crippen molar-refractivity contribution in [3.8, 4) is 11.5 Å². The number of carbonyl (C=O) groups is 1. The summed E-state index contributed by atoms with van der Waals surface area (Å²) in [6.07, 6.45) is 1.85. The lowest BCUT2D eigenvalue weighted by atomic mass is 10.2. The second kappa shape index (κ2) is 10.7. The SMILES string of the molecule is CCOc1cc(C=C2SC(=S)N(CC)C2=O)ccc1OCCSc1ccccc1. The first kappa shape index (κ1) is 21.7. The van der Waals surface area contributed by atoms with E-state index in [1.165, 1.54) is 16.7 Å². The van der Waals surface area contributed by atoms with Gasteiger partial charge in [0.2, 0.25) is 0 Å². The Morgan fingerprint density at radius 2 is 1.90 bits per heavy atom. The van der Waals surface area contributed by atoms with Gasteiger partial charge in [-0.3, -0.25) is 9.69 Å². The molecule has 0 saturated carbocycles. The normalized spacial score (nSPS) is 15.2. The largest absolute Gasteiger partial charge is 0.490 e. The van der Waals surface area contributed by atoms with Gasteiger partial charge in [0.25, 0.3) is 5.91 Å². The molecule has 0 aromatic heterocycles. The van der Waals surface area contributed by atoms with Gasteiger partial charge in [-0.15, -0.1) is 11.8 Å². The molecule has 0 bridgehead atoms. The van der Waals surface area contributed by atoms with E-state index < -0.39 is 0 Å². The molecular weight excluding hydrogens is 422 g/mol. The highest BCUT2D eigenvalue weighted by Gasteiger charge is 2.30. The fourth-order valence-electron chi connectivity index (χ4n) is 2.75. The number of rotatable bonds is 9. The molecule has 1 aliphatic heterocycles. The molecule has 152 valence electrons. The van der Waals surface area contributed by atoms with Crippen LogP contribution in [0.15, 0.2) is 58.3 Å². The van der Waals surface area contributed by atoms with Crippen molar-refractivity contribution in [1.29, 1.82) is 0 Å². The number of thiocarbonyl (C=S) groups is 1. The Bertz CT molecular complexity index is 899. The minimum Gasteiger partial charge on any atom is -0.490 e. The molecule has 1 fully saturated rings. The lowest BCUT2D eigenvalue weighted by Gasteiger charge is -2.13. The van der Waals surface area contributed by atoms with Crippen LogP contribution in [0.25, 0.3) is 6.08 Å². The van der Waals surface area contributed by atoms with Crippen LogP contribution in [0.4, 0.5) is 0 Å². The van der Waals surface area contributed by atoms with Crippen LogP contribution in [0.2, 0.25) is 0 Å². The molecule has 7 heteroatoms. The summed E-state index contributed by atoms with van der Waals surface area (Å²) in [5.74, 6) is 2.19. The number of hydrogen-bond donors (Lipinski definition) is 0. The number of ether oxygens (including phenoxy) is 2. The van der Waals surface area contributed by atoms with Gasteiger partial charge in [0.15, 0.2) is 11.5 Å². The van der Waals surface area contributed by atoms with Crippen LogP contribution in [-0.2, 0) is 4.79 Å². The third kappa shape index (κ3) is 5.78. The molecule has 1 aliphatic rings. The number of likely N-dealkylation sites (N-methyl/N-ethyl adjacent to an activating group) is 1. The third-order valence-corrected chi connectivity index (χ3v) is 6.46. The van der Waals surface area contributed by atoms with E-state index in [4.69, 9.17) is 21.7 Å². The van der Waals surface area contributed by atoms with E-state index in [9.17, 15) is 4.79 Å². The monoisotopic (exact) mass is 445 g/mol. The minimum atomic E-state index is -0.0428. The van der Waals surface area contributed by atoms with Crippen LogP contribution in [-0.4, -0.2) is 40.6 Å². The van der Waals surface area contributed by atoms with Gasteiger partial charge in [0, 0.05) is 17.2 Å². The second-order valence-electron chi connectivity index (χ2n) is 6.08. The first-order valence-corrected chi connectivity index (χ1v) is 11.7. The third-order valence-electron chi connectivity index (χ3n) is 4.11. The molecule has 0 unspecified atom stereocenters. The van der Waals surface area contributed by atoms with Crippen molar-refractivity contribution in [2.75, 3.05) is 25.5 Å². The van der Waals surface area contributed by atoms with E-state index in [0.29, 0.717) is 40.5 Å². The van der Waals surface area contributed by atoms with Gasteiger partial charge in [-0.25, -0.2) is 0 Å². The van der Waals surface area contributed by atoms with Gasteiger partial charge >= 0.3 is 0 Å². The molecule has 0 spiro atoms. The molecule has 4 nitrogen and oxygen atoms in total. The van der Waals surface area contributed by atoms with Crippen molar-refractivity contribution in [1.82, 2.24) is 4.90 Å². The molecule has 1 saturated heterocycles. The number of nitrogens with zero attached hydrogens (tertiary/aromatic N) is 1. The maximum Gasteiger partial charge on any atom is 0.266 e. The number of hydrogen-bond acceptors (Lipinski definition) is 6. The zero-order valence-electron chi connectivity index (χ0n) is 16.4. The molecular formula is C22H23NO3S3. The number of benzene rings is 2. The average molecular weight is 446 g/mol. The number of amides is 1. The zero-order chi connectivity index (χ0) is 20.6. The predicted octanol–water partition coefficient (Wildman–Crippen LogP) is 5.48. The van der Waals surface area contributed by atoms with E-state index in [1.807, 2.05) is 56.3 Å². The predicted molar refractivity (Wildman–Crippen MR) is 126 cm³/mol. The lowest BCUT2D eigenvalue weighted by Crippen LogP contribution is -2.27. The lowest BCUT2D eigenvalue weighted by molar-refractivity contribution is -0.121. The summed E-state index contributed by atoms with van der Waals surface area (Å²) in [6.45, 7) is 5.56. The molecule has 0 N–H and O–H groups in total. The molecule has 0 atom stereocenters. The molecule has 2 aromatic rings. The molecule has 1 heterocycles. The Morgan fingerprint density at radius 3 is 2.59 bits per heavy atom. The quantitative estimate of drug-likeness (QED) is 0.220. The van der Waals surface area contributed by atoms with E-state index >= 15 is 0 Å². The fourth-order valence-corrected chi connectivity index (χ4v) is 4.89. The van der Waals surface area contributed by atoms with Gasteiger partial charge in [-0.1, -0.05) is 48.2 Å². The first-order chi connectivity index (χ1) is 14.1. The van der Waals surface area contributed by atoms with Crippen molar-refractivity contribution >= 4 is 52.0 Å². The van der Waals surface area contributed by atoms with Gasteiger partial charge < -0.3 is 9.47 Å². The highest BCUT2D eigenvalue weighted by atomic mass is 32.2.